The Hall–Kier alpha value is -3.20. The van der Waals surface area contributed by atoms with Gasteiger partial charge in [-0.15, -0.1) is 0 Å². The zero-order valence-electron chi connectivity index (χ0n) is 18.3. The maximum Gasteiger partial charge on any atom is 0.269 e. The van der Waals surface area contributed by atoms with Crippen molar-refractivity contribution in [2.24, 2.45) is 0 Å². The van der Waals surface area contributed by atoms with Gasteiger partial charge < -0.3 is 20.4 Å². The number of likely N-dealkylation sites (N-methyl/N-ethyl adjacent to an activating group) is 1. The van der Waals surface area contributed by atoms with E-state index < -0.39 is 0 Å². The van der Waals surface area contributed by atoms with Crippen molar-refractivity contribution in [1.29, 1.82) is 0 Å². The van der Waals surface area contributed by atoms with Crippen LogP contribution in [0.5, 0.6) is 0 Å². The second-order valence-corrected chi connectivity index (χ2v) is 7.98. The smallest absolute Gasteiger partial charge is 0.269 e. The summed E-state index contributed by atoms with van der Waals surface area (Å²) in [7, 11) is 3.52. The van der Waals surface area contributed by atoms with E-state index in [-0.39, 0.29) is 17.9 Å². The number of rotatable bonds is 5. The predicted octanol–water partition coefficient (Wildman–Crippen LogP) is 1.33. The van der Waals surface area contributed by atoms with Gasteiger partial charge in [-0.1, -0.05) is 6.92 Å². The first-order valence-electron chi connectivity index (χ1n) is 10.7. The van der Waals surface area contributed by atoms with E-state index in [0.29, 0.717) is 5.69 Å². The lowest BCUT2D eigenvalue weighted by atomic mass is 10.1. The highest BCUT2D eigenvalue weighted by atomic mass is 16.2. The molecule has 1 fully saturated rings. The first-order valence-corrected chi connectivity index (χ1v) is 10.7. The minimum atomic E-state index is -0.178. The van der Waals surface area contributed by atoms with Gasteiger partial charge in [0, 0.05) is 53.0 Å². The van der Waals surface area contributed by atoms with Gasteiger partial charge in [0.2, 0.25) is 5.91 Å². The van der Waals surface area contributed by atoms with Crippen LogP contribution in [0.4, 0.5) is 17.2 Å². The maximum absolute atomic E-state index is 12.3. The average molecular weight is 424 g/mol. The standard InChI is InChI=1S/C22H29N7O2/c1-4-19-22(31)26-18-11-15(12-25-20(18)27(19)3)14-28-7-9-29(10-8-28)16-5-6-17(24-13-16)21(30)23-2/h5-6,11-13,19H,4,7-10,14H2,1-3H3,(H,23,30)(H,26,31). The van der Waals surface area contributed by atoms with Crippen LogP contribution in [-0.4, -0.2) is 73.0 Å². The Labute approximate surface area is 182 Å². The highest BCUT2D eigenvalue weighted by molar-refractivity contribution is 6.02. The van der Waals surface area contributed by atoms with Gasteiger partial charge in [-0.25, -0.2) is 9.97 Å². The van der Waals surface area contributed by atoms with Crippen molar-refractivity contribution in [2.75, 3.05) is 55.4 Å². The molecule has 164 valence electrons. The fourth-order valence-electron chi connectivity index (χ4n) is 4.22. The van der Waals surface area contributed by atoms with Crippen molar-refractivity contribution in [3.63, 3.8) is 0 Å². The van der Waals surface area contributed by atoms with E-state index in [2.05, 4.69) is 30.4 Å². The van der Waals surface area contributed by atoms with E-state index in [9.17, 15) is 9.59 Å². The van der Waals surface area contributed by atoms with Crippen LogP contribution in [0.1, 0.15) is 29.4 Å². The van der Waals surface area contributed by atoms with Crippen LogP contribution in [0.2, 0.25) is 0 Å². The molecule has 4 rings (SSSR count). The molecule has 0 saturated carbocycles. The number of hydrogen-bond acceptors (Lipinski definition) is 7. The minimum absolute atomic E-state index is 0.0288. The molecular formula is C22H29N7O2. The maximum atomic E-state index is 12.3. The van der Waals surface area contributed by atoms with Crippen molar-refractivity contribution in [3.8, 4) is 0 Å². The van der Waals surface area contributed by atoms with Gasteiger partial charge in [0.05, 0.1) is 17.6 Å². The lowest BCUT2D eigenvalue weighted by Crippen LogP contribution is -2.46. The fourth-order valence-corrected chi connectivity index (χ4v) is 4.22. The number of aromatic nitrogens is 2. The molecule has 2 aliphatic rings. The molecule has 2 aromatic heterocycles. The molecular weight excluding hydrogens is 394 g/mol. The first kappa shape index (κ1) is 21.0. The molecule has 2 aliphatic heterocycles. The van der Waals surface area contributed by atoms with Crippen LogP contribution >= 0.6 is 0 Å². The molecule has 31 heavy (non-hydrogen) atoms. The molecule has 0 spiro atoms. The largest absolute Gasteiger partial charge is 0.368 e. The summed E-state index contributed by atoms with van der Waals surface area (Å²) in [6, 6.07) is 5.58. The number of carbonyl (C=O) groups excluding carboxylic acids is 2. The van der Waals surface area contributed by atoms with E-state index in [0.717, 1.165) is 61.9 Å². The van der Waals surface area contributed by atoms with Crippen molar-refractivity contribution < 1.29 is 9.59 Å². The molecule has 0 aromatic carbocycles. The van der Waals surface area contributed by atoms with Crippen molar-refractivity contribution in [1.82, 2.24) is 20.2 Å². The highest BCUT2D eigenvalue weighted by Gasteiger charge is 2.30. The third kappa shape index (κ3) is 4.32. The molecule has 1 atom stereocenters. The summed E-state index contributed by atoms with van der Waals surface area (Å²) in [4.78, 5) is 39.5. The lowest BCUT2D eigenvalue weighted by Gasteiger charge is -2.36. The van der Waals surface area contributed by atoms with Gasteiger partial charge in [-0.3, -0.25) is 14.5 Å². The van der Waals surface area contributed by atoms with E-state index in [1.807, 2.05) is 37.2 Å². The number of fused-ring (bicyclic) bond motifs is 1. The molecule has 0 bridgehead atoms. The summed E-state index contributed by atoms with van der Waals surface area (Å²) >= 11 is 0. The van der Waals surface area contributed by atoms with Crippen LogP contribution in [-0.2, 0) is 11.3 Å². The zero-order valence-corrected chi connectivity index (χ0v) is 18.3. The number of amides is 2. The van der Waals surface area contributed by atoms with E-state index >= 15 is 0 Å². The molecule has 1 unspecified atom stereocenters. The van der Waals surface area contributed by atoms with Gasteiger partial charge in [0.15, 0.2) is 5.82 Å². The monoisotopic (exact) mass is 423 g/mol. The molecule has 2 aromatic rings. The number of nitrogens with one attached hydrogen (secondary N) is 2. The van der Waals surface area contributed by atoms with Crippen LogP contribution < -0.4 is 20.4 Å². The van der Waals surface area contributed by atoms with Crippen molar-refractivity contribution in [3.05, 3.63) is 41.9 Å². The van der Waals surface area contributed by atoms with Crippen LogP contribution in [0.15, 0.2) is 30.6 Å². The van der Waals surface area contributed by atoms with Crippen molar-refractivity contribution >= 4 is 29.0 Å². The second-order valence-electron chi connectivity index (χ2n) is 7.98. The number of nitrogens with zero attached hydrogens (tertiary/aromatic N) is 5. The SMILES string of the molecule is CCC1C(=O)Nc2cc(CN3CCN(c4ccc(C(=O)NC)nc4)CC3)cnc2N1C. The highest BCUT2D eigenvalue weighted by Crippen LogP contribution is 2.30. The molecule has 2 amide bonds. The average Bonchev–Trinajstić information content (AvgIpc) is 2.79. The number of hydrogen-bond donors (Lipinski definition) is 2. The normalized spacial score (nSPS) is 19.1. The summed E-state index contributed by atoms with van der Waals surface area (Å²) in [5.74, 6) is 0.677. The van der Waals surface area contributed by atoms with Gasteiger partial charge in [-0.2, -0.15) is 0 Å². The predicted molar refractivity (Wildman–Crippen MR) is 120 cm³/mol. The Morgan fingerprint density at radius 1 is 1.19 bits per heavy atom. The summed E-state index contributed by atoms with van der Waals surface area (Å²) in [5.41, 5.74) is 3.33. The number of anilines is 3. The summed E-state index contributed by atoms with van der Waals surface area (Å²) in [6.45, 7) is 6.40. The molecule has 0 aliphatic carbocycles. The fraction of sp³-hybridized carbons (Fsp3) is 0.455. The quantitative estimate of drug-likeness (QED) is 0.749. The minimum Gasteiger partial charge on any atom is -0.368 e. The van der Waals surface area contributed by atoms with E-state index in [4.69, 9.17) is 0 Å². The number of pyridine rings is 2. The molecule has 0 radical (unpaired) electrons. The molecule has 1 saturated heterocycles. The van der Waals surface area contributed by atoms with Gasteiger partial charge in [0.1, 0.15) is 11.7 Å². The number of carbonyl (C=O) groups is 2. The Morgan fingerprint density at radius 3 is 2.61 bits per heavy atom. The molecule has 4 heterocycles. The van der Waals surface area contributed by atoms with E-state index in [1.165, 1.54) is 0 Å². The zero-order chi connectivity index (χ0) is 22.0. The number of piperazine rings is 1. The Morgan fingerprint density at radius 2 is 1.97 bits per heavy atom. The second kappa shape index (κ2) is 8.89. The van der Waals surface area contributed by atoms with Crippen LogP contribution in [0.25, 0.3) is 0 Å². The van der Waals surface area contributed by atoms with Crippen LogP contribution in [0, 0.1) is 0 Å². The van der Waals surface area contributed by atoms with Gasteiger partial charge >= 0.3 is 0 Å². The topological polar surface area (TPSA) is 93.7 Å². The summed E-state index contributed by atoms with van der Waals surface area (Å²) in [5, 5.41) is 5.59. The summed E-state index contributed by atoms with van der Waals surface area (Å²) < 4.78 is 0. The summed E-state index contributed by atoms with van der Waals surface area (Å²) in [6.07, 6.45) is 4.42. The van der Waals surface area contributed by atoms with Gasteiger partial charge in [0.25, 0.3) is 5.91 Å². The Balaban J connectivity index is 1.36. The third-order valence-electron chi connectivity index (χ3n) is 6.02. The van der Waals surface area contributed by atoms with E-state index in [1.54, 1.807) is 19.3 Å². The third-order valence-corrected chi connectivity index (χ3v) is 6.02. The van der Waals surface area contributed by atoms with Crippen LogP contribution in [0.3, 0.4) is 0 Å². The Kier molecular flexibility index (Phi) is 6.03. The van der Waals surface area contributed by atoms with Gasteiger partial charge in [-0.05, 0) is 30.2 Å². The molecule has 9 nitrogen and oxygen atoms in total. The molecule has 9 heteroatoms. The Bertz CT molecular complexity index is 955. The molecule has 2 N–H and O–H groups in total. The first-order chi connectivity index (χ1) is 15.0. The lowest BCUT2D eigenvalue weighted by molar-refractivity contribution is -0.117. The van der Waals surface area contributed by atoms with Crippen molar-refractivity contribution in [2.45, 2.75) is 25.9 Å².